The van der Waals surface area contributed by atoms with Crippen molar-refractivity contribution in [2.24, 2.45) is 11.5 Å². The zero-order chi connectivity index (χ0) is 11.4. The Hall–Kier alpha value is -1.66. The highest BCUT2D eigenvalue weighted by molar-refractivity contribution is 5.48. The second-order valence-corrected chi connectivity index (χ2v) is 3.19. The van der Waals surface area contributed by atoms with Crippen LogP contribution in [0.5, 0.6) is 5.75 Å². The van der Waals surface area contributed by atoms with Gasteiger partial charge in [-0.2, -0.15) is 0 Å². The molecule has 0 aliphatic heterocycles. The third-order valence-corrected chi connectivity index (χ3v) is 2.10. The van der Waals surface area contributed by atoms with E-state index >= 15 is 0 Å². The van der Waals surface area contributed by atoms with Gasteiger partial charge in [-0.25, -0.2) is 0 Å². The third kappa shape index (κ3) is 2.64. The van der Waals surface area contributed by atoms with Crippen LogP contribution in [-0.2, 0) is 0 Å². The van der Waals surface area contributed by atoms with E-state index in [-0.39, 0.29) is 17.5 Å². The SMILES string of the molecule is NCC[C@@H](N)c1ccc(O)c([N+](=O)[O-])c1. The highest BCUT2D eigenvalue weighted by atomic mass is 16.6. The summed E-state index contributed by atoms with van der Waals surface area (Å²) in [7, 11) is 0. The van der Waals surface area contributed by atoms with Crippen LogP contribution in [0.1, 0.15) is 18.0 Å². The van der Waals surface area contributed by atoms with E-state index in [0.717, 1.165) is 0 Å². The summed E-state index contributed by atoms with van der Waals surface area (Å²) in [5.74, 6) is -0.358. The Labute approximate surface area is 86.7 Å². The molecule has 15 heavy (non-hydrogen) atoms. The van der Waals surface area contributed by atoms with Gasteiger partial charge in [-0.1, -0.05) is 6.07 Å². The van der Waals surface area contributed by atoms with Gasteiger partial charge in [0.1, 0.15) is 0 Å². The number of hydrogen-bond donors (Lipinski definition) is 3. The fourth-order valence-corrected chi connectivity index (χ4v) is 1.26. The molecule has 82 valence electrons. The number of nitrogens with two attached hydrogens (primary N) is 2. The van der Waals surface area contributed by atoms with E-state index in [9.17, 15) is 15.2 Å². The van der Waals surface area contributed by atoms with Gasteiger partial charge in [0.2, 0.25) is 0 Å². The molecule has 1 aromatic rings. The predicted octanol–water partition coefficient (Wildman–Crippen LogP) is 0.649. The van der Waals surface area contributed by atoms with Crippen LogP contribution in [0, 0.1) is 10.1 Å². The van der Waals surface area contributed by atoms with Crippen LogP contribution in [0.25, 0.3) is 0 Å². The lowest BCUT2D eigenvalue weighted by Crippen LogP contribution is -2.15. The third-order valence-electron chi connectivity index (χ3n) is 2.10. The smallest absolute Gasteiger partial charge is 0.311 e. The average molecular weight is 211 g/mol. The maximum Gasteiger partial charge on any atom is 0.311 e. The predicted molar refractivity (Wildman–Crippen MR) is 55.4 cm³/mol. The molecule has 5 N–H and O–H groups in total. The van der Waals surface area contributed by atoms with E-state index in [1.165, 1.54) is 12.1 Å². The fraction of sp³-hybridized carbons (Fsp3) is 0.333. The Morgan fingerprint density at radius 2 is 2.20 bits per heavy atom. The summed E-state index contributed by atoms with van der Waals surface area (Å²) in [5.41, 5.74) is 11.3. The quantitative estimate of drug-likeness (QED) is 0.499. The zero-order valence-corrected chi connectivity index (χ0v) is 8.09. The minimum Gasteiger partial charge on any atom is -0.502 e. The molecular formula is C9H13N3O3. The largest absolute Gasteiger partial charge is 0.502 e. The Morgan fingerprint density at radius 1 is 1.53 bits per heavy atom. The van der Waals surface area contributed by atoms with E-state index in [4.69, 9.17) is 11.5 Å². The van der Waals surface area contributed by atoms with Crippen LogP contribution in [-0.4, -0.2) is 16.6 Å². The van der Waals surface area contributed by atoms with Crippen LogP contribution in [0.2, 0.25) is 0 Å². The Morgan fingerprint density at radius 3 is 2.73 bits per heavy atom. The minimum atomic E-state index is -0.645. The number of nitrogens with zero attached hydrogens (tertiary/aromatic N) is 1. The van der Waals surface area contributed by atoms with Crippen molar-refractivity contribution in [3.8, 4) is 5.75 Å². The second-order valence-electron chi connectivity index (χ2n) is 3.19. The first-order chi connectivity index (χ1) is 7.06. The highest BCUT2D eigenvalue weighted by Gasteiger charge is 2.16. The normalized spacial score (nSPS) is 12.4. The number of hydrogen-bond acceptors (Lipinski definition) is 5. The molecular weight excluding hydrogens is 198 g/mol. The average Bonchev–Trinajstić information content (AvgIpc) is 2.18. The van der Waals surface area contributed by atoms with E-state index in [1.54, 1.807) is 6.07 Å². The van der Waals surface area contributed by atoms with Gasteiger partial charge in [0, 0.05) is 12.1 Å². The summed E-state index contributed by atoms with van der Waals surface area (Å²) in [6.45, 7) is 0.413. The molecule has 6 nitrogen and oxygen atoms in total. The number of aromatic hydroxyl groups is 1. The van der Waals surface area contributed by atoms with Crippen LogP contribution >= 0.6 is 0 Å². The number of rotatable bonds is 4. The van der Waals surface area contributed by atoms with Gasteiger partial charge < -0.3 is 16.6 Å². The van der Waals surface area contributed by atoms with Crippen molar-refractivity contribution in [3.05, 3.63) is 33.9 Å². The summed E-state index contributed by atoms with van der Waals surface area (Å²) in [6, 6.07) is 3.76. The van der Waals surface area contributed by atoms with Crippen LogP contribution in [0.3, 0.4) is 0 Å². The standard InChI is InChI=1S/C9H13N3O3/c10-4-3-7(11)6-1-2-9(13)8(5-6)12(14)15/h1-2,5,7,13H,3-4,10-11H2/t7-/m1/s1. The molecule has 0 saturated heterocycles. The molecule has 0 fully saturated rings. The molecule has 0 amide bonds. The lowest BCUT2D eigenvalue weighted by molar-refractivity contribution is -0.385. The van der Waals surface area contributed by atoms with E-state index in [0.29, 0.717) is 18.5 Å². The van der Waals surface area contributed by atoms with Crippen molar-refractivity contribution in [2.75, 3.05) is 6.54 Å². The van der Waals surface area contributed by atoms with Gasteiger partial charge in [0.05, 0.1) is 4.92 Å². The van der Waals surface area contributed by atoms with Crippen molar-refractivity contribution in [1.82, 2.24) is 0 Å². The zero-order valence-electron chi connectivity index (χ0n) is 8.09. The Bertz CT molecular complexity index is 368. The lowest BCUT2D eigenvalue weighted by Gasteiger charge is -2.10. The molecule has 1 aromatic carbocycles. The van der Waals surface area contributed by atoms with Crippen LogP contribution < -0.4 is 11.5 Å². The molecule has 0 aromatic heterocycles. The summed E-state index contributed by atoms with van der Waals surface area (Å²) in [6.07, 6.45) is 0.544. The first-order valence-corrected chi connectivity index (χ1v) is 4.49. The summed E-state index contributed by atoms with van der Waals surface area (Å²) in [5, 5.41) is 19.7. The molecule has 0 saturated carbocycles. The number of phenols is 1. The van der Waals surface area contributed by atoms with Crippen molar-refractivity contribution >= 4 is 5.69 Å². The molecule has 0 aliphatic carbocycles. The summed E-state index contributed by atoms with van der Waals surface area (Å²) < 4.78 is 0. The van der Waals surface area contributed by atoms with E-state index < -0.39 is 4.92 Å². The minimum absolute atomic E-state index is 0.333. The first-order valence-electron chi connectivity index (χ1n) is 4.49. The Kier molecular flexibility index (Phi) is 3.59. The molecule has 0 bridgehead atoms. The Balaban J connectivity index is 3.02. The lowest BCUT2D eigenvalue weighted by atomic mass is 10.0. The van der Waals surface area contributed by atoms with Gasteiger partial charge in [0.25, 0.3) is 0 Å². The summed E-state index contributed by atoms with van der Waals surface area (Å²) in [4.78, 5) is 9.89. The molecule has 0 spiro atoms. The maximum absolute atomic E-state index is 10.5. The molecule has 1 rings (SSSR count). The molecule has 1 atom stereocenters. The number of nitro benzene ring substituents is 1. The molecule has 0 heterocycles. The first kappa shape index (κ1) is 11.4. The number of phenolic OH excluding ortho intramolecular Hbond substituents is 1. The van der Waals surface area contributed by atoms with Gasteiger partial charge in [-0.15, -0.1) is 0 Å². The topological polar surface area (TPSA) is 115 Å². The van der Waals surface area contributed by atoms with Gasteiger partial charge in [0.15, 0.2) is 5.75 Å². The van der Waals surface area contributed by atoms with E-state index in [1.807, 2.05) is 0 Å². The van der Waals surface area contributed by atoms with Crippen LogP contribution in [0.15, 0.2) is 18.2 Å². The van der Waals surface area contributed by atoms with Crippen molar-refractivity contribution in [3.63, 3.8) is 0 Å². The second kappa shape index (κ2) is 4.72. The molecule has 0 radical (unpaired) electrons. The molecule has 6 heteroatoms. The molecule has 0 unspecified atom stereocenters. The van der Waals surface area contributed by atoms with E-state index in [2.05, 4.69) is 0 Å². The fourth-order valence-electron chi connectivity index (χ4n) is 1.26. The molecule has 0 aliphatic rings. The number of nitro groups is 1. The maximum atomic E-state index is 10.5. The highest BCUT2D eigenvalue weighted by Crippen LogP contribution is 2.28. The monoisotopic (exact) mass is 211 g/mol. The van der Waals surface area contributed by atoms with Crippen molar-refractivity contribution in [1.29, 1.82) is 0 Å². The van der Waals surface area contributed by atoms with Gasteiger partial charge in [-0.3, -0.25) is 10.1 Å². The van der Waals surface area contributed by atoms with Gasteiger partial charge in [-0.05, 0) is 24.6 Å². The summed E-state index contributed by atoms with van der Waals surface area (Å²) >= 11 is 0. The number of benzene rings is 1. The van der Waals surface area contributed by atoms with Gasteiger partial charge >= 0.3 is 5.69 Å². The van der Waals surface area contributed by atoms with Crippen molar-refractivity contribution in [2.45, 2.75) is 12.5 Å². The van der Waals surface area contributed by atoms with Crippen molar-refractivity contribution < 1.29 is 10.0 Å². The van der Waals surface area contributed by atoms with Crippen LogP contribution in [0.4, 0.5) is 5.69 Å².